The molecule has 1 saturated heterocycles. The van der Waals surface area contributed by atoms with Crippen molar-refractivity contribution in [3.8, 4) is 0 Å². The molecule has 10 heteroatoms. The maximum Gasteiger partial charge on any atom is 0.323 e. The van der Waals surface area contributed by atoms with Gasteiger partial charge in [-0.05, 0) is 63.1 Å². The minimum absolute atomic E-state index is 0.0230. The molecule has 1 unspecified atom stereocenters. The summed E-state index contributed by atoms with van der Waals surface area (Å²) in [5, 5.41) is 6.33. The van der Waals surface area contributed by atoms with Gasteiger partial charge in [-0.15, -0.1) is 0 Å². The first-order valence-electron chi connectivity index (χ1n) is 11.9. The third-order valence-corrected chi connectivity index (χ3v) is 7.54. The molecule has 2 aromatic rings. The lowest BCUT2D eigenvalue weighted by molar-refractivity contribution is -0.127. The van der Waals surface area contributed by atoms with Gasteiger partial charge in [-0.3, -0.25) is 4.79 Å². The monoisotopic (exact) mass is 529 g/mol. The van der Waals surface area contributed by atoms with Crippen molar-refractivity contribution >= 4 is 51.8 Å². The molecule has 2 N–H and O–H groups in total. The van der Waals surface area contributed by atoms with E-state index in [1.807, 2.05) is 43.9 Å². The Morgan fingerprint density at radius 1 is 1.17 bits per heavy atom. The Kier molecular flexibility index (Phi) is 8.21. The first-order chi connectivity index (χ1) is 17.3. The molecule has 2 aliphatic heterocycles. The van der Waals surface area contributed by atoms with Gasteiger partial charge in [-0.2, -0.15) is 0 Å². The first-order valence-corrected chi connectivity index (χ1v) is 13.3. The zero-order valence-electron chi connectivity index (χ0n) is 20.5. The minimum atomic E-state index is -0.556. The summed E-state index contributed by atoms with van der Waals surface area (Å²) in [7, 11) is 0. The van der Waals surface area contributed by atoms with Gasteiger partial charge in [0.15, 0.2) is 5.17 Å². The third kappa shape index (κ3) is 5.52. The average molecular weight is 530 g/mol. The second-order valence-electron chi connectivity index (χ2n) is 8.50. The van der Waals surface area contributed by atoms with E-state index >= 15 is 0 Å². The SMILES string of the molecule is CCN(CC)C(=O)C1=C(C)N=C2SCCCN2C1c1cccc(NC(=O)Nc2ccc(F)c(Cl)c2)c1. The number of amidine groups is 1. The van der Waals surface area contributed by atoms with Crippen molar-refractivity contribution in [3.05, 3.63) is 70.1 Å². The summed E-state index contributed by atoms with van der Waals surface area (Å²) in [6.45, 7) is 7.85. The van der Waals surface area contributed by atoms with Crippen LogP contribution in [0, 0.1) is 5.82 Å². The van der Waals surface area contributed by atoms with E-state index in [1.54, 1.807) is 17.8 Å². The number of aliphatic imine (C=N–C) groups is 1. The molecule has 0 aromatic heterocycles. The van der Waals surface area contributed by atoms with E-state index in [9.17, 15) is 14.0 Å². The van der Waals surface area contributed by atoms with Crippen LogP contribution in [0.4, 0.5) is 20.6 Å². The van der Waals surface area contributed by atoms with Gasteiger partial charge in [-0.25, -0.2) is 14.2 Å². The molecule has 0 saturated carbocycles. The Balaban J connectivity index is 1.63. The molecule has 1 fully saturated rings. The average Bonchev–Trinajstić information content (AvgIpc) is 2.86. The first kappa shape index (κ1) is 26.0. The van der Waals surface area contributed by atoms with Crippen LogP contribution in [0.1, 0.15) is 38.8 Å². The molecule has 0 spiro atoms. The van der Waals surface area contributed by atoms with Crippen LogP contribution in [-0.4, -0.2) is 52.3 Å². The third-order valence-electron chi connectivity index (χ3n) is 6.18. The van der Waals surface area contributed by atoms with E-state index in [1.165, 1.54) is 18.2 Å². The fraction of sp³-hybridized carbons (Fsp3) is 0.346. The van der Waals surface area contributed by atoms with E-state index in [0.717, 1.165) is 35.1 Å². The molecule has 2 aliphatic rings. The number of anilines is 2. The number of urea groups is 1. The zero-order chi connectivity index (χ0) is 25.8. The number of fused-ring (bicyclic) bond motifs is 1. The fourth-order valence-corrected chi connectivity index (χ4v) is 5.62. The van der Waals surface area contributed by atoms with Crippen molar-refractivity contribution in [2.75, 3.05) is 36.0 Å². The molecule has 1 atom stereocenters. The highest BCUT2D eigenvalue weighted by molar-refractivity contribution is 8.13. The molecule has 0 radical (unpaired) electrons. The second-order valence-corrected chi connectivity index (χ2v) is 9.97. The van der Waals surface area contributed by atoms with Gasteiger partial charge in [0, 0.05) is 36.8 Å². The lowest BCUT2D eigenvalue weighted by atomic mass is 9.93. The van der Waals surface area contributed by atoms with Crippen LogP contribution in [0.25, 0.3) is 0 Å². The van der Waals surface area contributed by atoms with E-state index < -0.39 is 11.8 Å². The number of hydrogen-bond acceptors (Lipinski definition) is 5. The van der Waals surface area contributed by atoms with Crippen LogP contribution in [0.3, 0.4) is 0 Å². The molecular formula is C26H29ClFN5O2S. The number of carbonyl (C=O) groups excluding carboxylic acids is 2. The molecule has 0 aliphatic carbocycles. The summed E-state index contributed by atoms with van der Waals surface area (Å²) in [6, 6.07) is 10.7. The summed E-state index contributed by atoms with van der Waals surface area (Å²) in [5.74, 6) is 0.411. The molecule has 2 heterocycles. The Bertz CT molecular complexity index is 1230. The summed E-state index contributed by atoms with van der Waals surface area (Å²) in [6.07, 6.45) is 0.993. The number of thioether (sulfide) groups is 1. The number of benzene rings is 2. The molecule has 0 bridgehead atoms. The van der Waals surface area contributed by atoms with Gasteiger partial charge in [0.1, 0.15) is 5.82 Å². The van der Waals surface area contributed by atoms with Crippen molar-refractivity contribution in [1.29, 1.82) is 0 Å². The van der Waals surface area contributed by atoms with E-state index in [-0.39, 0.29) is 17.0 Å². The molecule has 190 valence electrons. The standard InChI is InChI=1S/C26H29ClFN5O2S/c1-4-32(5-2)24(34)22-16(3)29-26-33(12-7-13-36-26)23(22)17-8-6-9-18(14-17)30-25(35)31-19-10-11-21(28)20(27)15-19/h6,8-11,14-15,23H,4-5,7,12-13H2,1-3H3,(H2,30,31,35). The van der Waals surface area contributed by atoms with Crippen molar-refractivity contribution in [3.63, 3.8) is 0 Å². The van der Waals surface area contributed by atoms with Crippen LogP contribution in [0.5, 0.6) is 0 Å². The molecule has 2 aromatic carbocycles. The zero-order valence-corrected chi connectivity index (χ0v) is 22.0. The smallest absolute Gasteiger partial charge is 0.323 e. The van der Waals surface area contributed by atoms with Crippen molar-refractivity contribution in [2.45, 2.75) is 33.2 Å². The molecule has 7 nitrogen and oxygen atoms in total. The molecule has 4 rings (SSSR count). The lowest BCUT2D eigenvalue weighted by Crippen LogP contribution is -2.45. The van der Waals surface area contributed by atoms with E-state index in [4.69, 9.17) is 16.6 Å². The minimum Gasteiger partial charge on any atom is -0.340 e. The van der Waals surface area contributed by atoms with Gasteiger partial charge < -0.3 is 20.4 Å². The highest BCUT2D eigenvalue weighted by Gasteiger charge is 2.38. The normalized spacial score (nSPS) is 17.3. The number of carbonyl (C=O) groups is 2. The van der Waals surface area contributed by atoms with Crippen LogP contribution in [0.2, 0.25) is 5.02 Å². The summed E-state index contributed by atoms with van der Waals surface area (Å²) >= 11 is 7.52. The number of hydrogen-bond donors (Lipinski definition) is 2. The quantitative estimate of drug-likeness (QED) is 0.473. The highest BCUT2D eigenvalue weighted by atomic mass is 35.5. The van der Waals surface area contributed by atoms with Gasteiger partial charge in [0.2, 0.25) is 0 Å². The molecule has 3 amide bonds. The van der Waals surface area contributed by atoms with Gasteiger partial charge in [-0.1, -0.05) is 35.5 Å². The predicted octanol–water partition coefficient (Wildman–Crippen LogP) is 6.12. The number of amides is 3. The van der Waals surface area contributed by atoms with E-state index in [0.29, 0.717) is 30.0 Å². The Morgan fingerprint density at radius 3 is 2.58 bits per heavy atom. The summed E-state index contributed by atoms with van der Waals surface area (Å²) in [4.78, 5) is 35.0. The number of nitrogens with zero attached hydrogens (tertiary/aromatic N) is 3. The maximum atomic E-state index is 13.6. The maximum absolute atomic E-state index is 13.6. The van der Waals surface area contributed by atoms with Crippen LogP contribution in [-0.2, 0) is 4.79 Å². The number of allylic oxidation sites excluding steroid dienone is 1. The number of likely N-dealkylation sites (N-methyl/N-ethyl adjacent to an activating group) is 1. The second kappa shape index (κ2) is 11.3. The van der Waals surface area contributed by atoms with Crippen LogP contribution in [0.15, 0.2) is 58.7 Å². The fourth-order valence-electron chi connectivity index (χ4n) is 4.42. The van der Waals surface area contributed by atoms with Crippen molar-refractivity contribution < 1.29 is 14.0 Å². The van der Waals surface area contributed by atoms with Crippen LogP contribution >= 0.6 is 23.4 Å². The van der Waals surface area contributed by atoms with Crippen molar-refractivity contribution in [2.24, 2.45) is 4.99 Å². The van der Waals surface area contributed by atoms with Gasteiger partial charge in [0.25, 0.3) is 5.91 Å². The Labute approximate surface area is 219 Å². The number of halogens is 2. The largest absolute Gasteiger partial charge is 0.340 e. The Hall–Kier alpha value is -3.04. The summed E-state index contributed by atoms with van der Waals surface area (Å²) < 4.78 is 13.4. The Morgan fingerprint density at radius 2 is 1.89 bits per heavy atom. The molecule has 36 heavy (non-hydrogen) atoms. The van der Waals surface area contributed by atoms with Crippen LogP contribution < -0.4 is 10.6 Å². The summed E-state index contributed by atoms with van der Waals surface area (Å²) in [5.41, 5.74) is 3.22. The number of nitrogens with one attached hydrogen (secondary N) is 2. The van der Waals surface area contributed by atoms with Gasteiger partial charge >= 0.3 is 6.03 Å². The highest BCUT2D eigenvalue weighted by Crippen LogP contribution is 2.40. The predicted molar refractivity (Wildman–Crippen MR) is 145 cm³/mol. The topological polar surface area (TPSA) is 77.0 Å². The number of rotatable bonds is 6. The van der Waals surface area contributed by atoms with Gasteiger partial charge in [0.05, 0.1) is 22.3 Å². The molecular weight excluding hydrogens is 501 g/mol. The van der Waals surface area contributed by atoms with E-state index in [2.05, 4.69) is 15.5 Å². The van der Waals surface area contributed by atoms with Crippen molar-refractivity contribution in [1.82, 2.24) is 9.80 Å². The lowest BCUT2D eigenvalue weighted by Gasteiger charge is -2.41.